The molecule has 1 heterocycles. The van der Waals surface area contributed by atoms with Gasteiger partial charge in [-0.1, -0.05) is 31.5 Å². The Bertz CT molecular complexity index is 840. The predicted molar refractivity (Wildman–Crippen MR) is 104 cm³/mol. The smallest absolute Gasteiger partial charge is 0.329 e. The Hall–Kier alpha value is -2.60. The predicted octanol–water partition coefficient (Wildman–Crippen LogP) is 2.97. The molecule has 0 aliphatic rings. The van der Waals surface area contributed by atoms with E-state index < -0.39 is 11.8 Å². The zero-order valence-corrected chi connectivity index (χ0v) is 16.1. The highest BCUT2D eigenvalue weighted by Crippen LogP contribution is 2.22. The molecule has 1 aromatic heterocycles. The first kappa shape index (κ1) is 19.7. The van der Waals surface area contributed by atoms with Crippen LogP contribution in [0.3, 0.4) is 0 Å². The van der Waals surface area contributed by atoms with Gasteiger partial charge in [-0.2, -0.15) is 5.10 Å². The molecule has 2 amide bonds. The number of aryl methyl sites for hydroxylation is 1. The average Bonchev–Trinajstić information content (AvgIpc) is 2.86. The standard InChI is InChI=1S/C19H23ClN4O2/c1-12(2)10-21-18(25)19(26)23-22-11-15-8-13(3)24(14(15)4)17-7-5-6-16(20)9-17/h5-9,11-12H,10H2,1-4H3,(H,21,25)(H,23,26)/b22-11-. The van der Waals surface area contributed by atoms with Crippen molar-refractivity contribution in [3.8, 4) is 5.69 Å². The van der Waals surface area contributed by atoms with Crippen molar-refractivity contribution >= 4 is 29.6 Å². The molecule has 0 fully saturated rings. The van der Waals surface area contributed by atoms with E-state index in [-0.39, 0.29) is 5.92 Å². The first-order valence-corrected chi connectivity index (χ1v) is 8.73. The number of halogens is 1. The minimum absolute atomic E-state index is 0.270. The van der Waals surface area contributed by atoms with Crippen LogP contribution in [-0.2, 0) is 9.59 Å². The van der Waals surface area contributed by atoms with Crippen molar-refractivity contribution in [2.75, 3.05) is 6.54 Å². The fourth-order valence-corrected chi connectivity index (χ4v) is 2.70. The molecule has 7 heteroatoms. The Balaban J connectivity index is 2.09. The summed E-state index contributed by atoms with van der Waals surface area (Å²) in [6.07, 6.45) is 1.52. The van der Waals surface area contributed by atoms with E-state index in [4.69, 9.17) is 11.6 Å². The summed E-state index contributed by atoms with van der Waals surface area (Å²) in [5, 5.41) is 7.09. The third kappa shape index (κ3) is 4.95. The minimum atomic E-state index is -0.787. The summed E-state index contributed by atoms with van der Waals surface area (Å²) in [5.41, 5.74) is 5.99. The number of hydrogen-bond donors (Lipinski definition) is 2. The molecule has 0 aliphatic carbocycles. The van der Waals surface area contributed by atoms with Crippen molar-refractivity contribution in [1.82, 2.24) is 15.3 Å². The molecule has 2 aromatic rings. The minimum Gasteiger partial charge on any atom is -0.348 e. The zero-order valence-electron chi connectivity index (χ0n) is 15.3. The molecule has 1 aromatic carbocycles. The molecule has 0 saturated carbocycles. The van der Waals surface area contributed by atoms with Gasteiger partial charge in [0.25, 0.3) is 0 Å². The molecule has 26 heavy (non-hydrogen) atoms. The molecule has 6 nitrogen and oxygen atoms in total. The molecule has 138 valence electrons. The number of nitrogens with zero attached hydrogens (tertiary/aromatic N) is 2. The first-order chi connectivity index (χ1) is 12.3. The number of aromatic nitrogens is 1. The SMILES string of the molecule is Cc1cc(/C=N\NC(=O)C(=O)NCC(C)C)c(C)n1-c1cccc(Cl)c1. The first-order valence-electron chi connectivity index (χ1n) is 8.35. The highest BCUT2D eigenvalue weighted by atomic mass is 35.5. The van der Waals surface area contributed by atoms with E-state index in [1.807, 2.05) is 62.6 Å². The lowest BCUT2D eigenvalue weighted by molar-refractivity contribution is -0.139. The number of carbonyl (C=O) groups is 2. The monoisotopic (exact) mass is 374 g/mol. The van der Waals surface area contributed by atoms with Gasteiger partial charge in [0.15, 0.2) is 0 Å². The molecule has 0 unspecified atom stereocenters. The number of hydrogen-bond acceptors (Lipinski definition) is 3. The lowest BCUT2D eigenvalue weighted by atomic mass is 10.2. The molecule has 0 radical (unpaired) electrons. The van der Waals surface area contributed by atoms with Crippen LogP contribution in [0.25, 0.3) is 5.69 Å². The average molecular weight is 375 g/mol. The summed E-state index contributed by atoms with van der Waals surface area (Å²) in [6, 6.07) is 9.50. The molecule has 0 saturated heterocycles. The fraction of sp³-hybridized carbons (Fsp3) is 0.316. The van der Waals surface area contributed by atoms with Crippen LogP contribution < -0.4 is 10.7 Å². The fourth-order valence-electron chi connectivity index (χ4n) is 2.52. The van der Waals surface area contributed by atoms with Crippen LogP contribution in [0.15, 0.2) is 35.4 Å². The quantitative estimate of drug-likeness (QED) is 0.479. The molecule has 2 rings (SSSR count). The Morgan fingerprint density at radius 1 is 1.23 bits per heavy atom. The third-order valence-corrected chi connectivity index (χ3v) is 4.02. The van der Waals surface area contributed by atoms with Gasteiger partial charge in [0, 0.05) is 34.2 Å². The largest absolute Gasteiger partial charge is 0.348 e. The van der Waals surface area contributed by atoms with E-state index in [1.165, 1.54) is 6.21 Å². The summed E-state index contributed by atoms with van der Waals surface area (Å²) in [5.74, 6) is -1.21. The van der Waals surface area contributed by atoms with Crippen molar-refractivity contribution in [2.45, 2.75) is 27.7 Å². The summed E-state index contributed by atoms with van der Waals surface area (Å²) >= 11 is 6.07. The summed E-state index contributed by atoms with van der Waals surface area (Å²) in [7, 11) is 0. The van der Waals surface area contributed by atoms with Gasteiger partial charge in [0.1, 0.15) is 0 Å². The highest BCUT2D eigenvalue weighted by Gasteiger charge is 2.13. The van der Waals surface area contributed by atoms with Crippen LogP contribution in [0.5, 0.6) is 0 Å². The molecule has 0 bridgehead atoms. The molecule has 0 spiro atoms. The topological polar surface area (TPSA) is 75.5 Å². The van der Waals surface area contributed by atoms with Gasteiger partial charge in [0.2, 0.25) is 0 Å². The second kappa shape index (κ2) is 8.67. The summed E-state index contributed by atoms with van der Waals surface area (Å²) < 4.78 is 2.05. The van der Waals surface area contributed by atoms with Crippen LogP contribution in [0.2, 0.25) is 5.02 Å². The van der Waals surface area contributed by atoms with Crippen LogP contribution >= 0.6 is 11.6 Å². The maximum atomic E-state index is 11.7. The van der Waals surface area contributed by atoms with Crippen molar-refractivity contribution in [1.29, 1.82) is 0 Å². The number of nitrogens with one attached hydrogen (secondary N) is 2. The highest BCUT2D eigenvalue weighted by molar-refractivity contribution is 6.35. The normalized spacial score (nSPS) is 11.2. The summed E-state index contributed by atoms with van der Waals surface area (Å²) in [6.45, 7) is 8.27. The molecular formula is C19H23ClN4O2. The van der Waals surface area contributed by atoms with Crippen molar-refractivity contribution < 1.29 is 9.59 Å². The van der Waals surface area contributed by atoms with Crippen LogP contribution in [0.4, 0.5) is 0 Å². The maximum absolute atomic E-state index is 11.7. The van der Waals surface area contributed by atoms with E-state index in [2.05, 4.69) is 15.8 Å². The third-order valence-electron chi connectivity index (χ3n) is 3.78. The van der Waals surface area contributed by atoms with E-state index in [0.717, 1.165) is 22.6 Å². The second-order valence-corrected chi connectivity index (χ2v) is 6.88. The lowest BCUT2D eigenvalue weighted by Crippen LogP contribution is -2.39. The number of benzene rings is 1. The second-order valence-electron chi connectivity index (χ2n) is 6.44. The number of amides is 2. The molecular weight excluding hydrogens is 352 g/mol. The van der Waals surface area contributed by atoms with E-state index in [1.54, 1.807) is 0 Å². The van der Waals surface area contributed by atoms with Crippen LogP contribution in [-0.4, -0.2) is 29.1 Å². The van der Waals surface area contributed by atoms with Crippen LogP contribution in [0.1, 0.15) is 30.8 Å². The van der Waals surface area contributed by atoms with Gasteiger partial charge < -0.3 is 9.88 Å². The Labute approximate surface area is 158 Å². The summed E-state index contributed by atoms with van der Waals surface area (Å²) in [4.78, 5) is 23.3. The van der Waals surface area contributed by atoms with Crippen molar-refractivity contribution in [3.63, 3.8) is 0 Å². The van der Waals surface area contributed by atoms with Gasteiger partial charge in [-0.25, -0.2) is 5.43 Å². The van der Waals surface area contributed by atoms with Gasteiger partial charge in [-0.15, -0.1) is 0 Å². The van der Waals surface area contributed by atoms with Gasteiger partial charge in [-0.3, -0.25) is 9.59 Å². The molecule has 0 atom stereocenters. The number of hydrazone groups is 1. The number of rotatable bonds is 5. The van der Waals surface area contributed by atoms with Crippen molar-refractivity contribution in [3.05, 3.63) is 52.3 Å². The molecule has 2 N–H and O–H groups in total. The molecule has 0 aliphatic heterocycles. The maximum Gasteiger partial charge on any atom is 0.329 e. The van der Waals surface area contributed by atoms with Crippen LogP contribution in [0, 0.1) is 19.8 Å². The van der Waals surface area contributed by atoms with Crippen molar-refractivity contribution in [2.24, 2.45) is 11.0 Å². The van der Waals surface area contributed by atoms with Gasteiger partial charge in [-0.05, 0) is 44.0 Å². The van der Waals surface area contributed by atoms with Gasteiger partial charge >= 0.3 is 11.8 Å². The van der Waals surface area contributed by atoms with E-state index >= 15 is 0 Å². The van der Waals surface area contributed by atoms with E-state index in [0.29, 0.717) is 11.6 Å². The zero-order chi connectivity index (χ0) is 19.3. The van der Waals surface area contributed by atoms with Gasteiger partial charge in [0.05, 0.1) is 6.21 Å². The number of carbonyl (C=O) groups excluding carboxylic acids is 2. The van der Waals surface area contributed by atoms with E-state index in [9.17, 15) is 9.59 Å². The lowest BCUT2D eigenvalue weighted by Gasteiger charge is -2.09. The Kier molecular flexibility index (Phi) is 6.58. The Morgan fingerprint density at radius 2 is 1.96 bits per heavy atom. The Morgan fingerprint density at radius 3 is 2.62 bits per heavy atom.